The van der Waals surface area contributed by atoms with Crippen molar-refractivity contribution in [1.82, 2.24) is 20.2 Å². The molecule has 3 rings (SSSR count). The Labute approximate surface area is 124 Å². The van der Waals surface area contributed by atoms with Crippen LogP contribution in [0.2, 0.25) is 0 Å². The van der Waals surface area contributed by atoms with Gasteiger partial charge in [0.15, 0.2) is 11.5 Å². The van der Waals surface area contributed by atoms with E-state index in [1.54, 1.807) is 12.1 Å². The standard InChI is InChI=1S/C13H14N6O3/c20-11-7-9(15-13(22)16-11)14-12(21)8-3-4-10(18-17-8)19-5-1-2-6-19/h3-4,7H,1-2,5-6H2,(H3,14,15,16,20,21,22). The lowest BCUT2D eigenvalue weighted by Crippen LogP contribution is -2.25. The van der Waals surface area contributed by atoms with E-state index in [0.29, 0.717) is 0 Å². The summed E-state index contributed by atoms with van der Waals surface area (Å²) in [6.45, 7) is 1.88. The van der Waals surface area contributed by atoms with Gasteiger partial charge < -0.3 is 10.2 Å². The molecule has 9 heteroatoms. The minimum Gasteiger partial charge on any atom is -0.355 e. The van der Waals surface area contributed by atoms with Gasteiger partial charge >= 0.3 is 5.69 Å². The summed E-state index contributed by atoms with van der Waals surface area (Å²) in [6, 6.07) is 4.36. The fraction of sp³-hybridized carbons (Fsp3) is 0.308. The molecular weight excluding hydrogens is 288 g/mol. The summed E-state index contributed by atoms with van der Waals surface area (Å²) >= 11 is 0. The van der Waals surface area contributed by atoms with Gasteiger partial charge in [-0.3, -0.25) is 19.6 Å². The van der Waals surface area contributed by atoms with Crippen molar-refractivity contribution in [2.75, 3.05) is 23.3 Å². The molecule has 1 fully saturated rings. The molecule has 114 valence electrons. The number of rotatable bonds is 3. The van der Waals surface area contributed by atoms with Crippen LogP contribution in [0.3, 0.4) is 0 Å². The summed E-state index contributed by atoms with van der Waals surface area (Å²) in [4.78, 5) is 40.7. The zero-order chi connectivity index (χ0) is 15.5. The summed E-state index contributed by atoms with van der Waals surface area (Å²) in [5, 5.41) is 10.3. The zero-order valence-corrected chi connectivity index (χ0v) is 11.6. The molecule has 0 saturated carbocycles. The number of nitrogens with one attached hydrogen (secondary N) is 3. The third-order valence-electron chi connectivity index (χ3n) is 3.32. The summed E-state index contributed by atoms with van der Waals surface area (Å²) in [7, 11) is 0. The van der Waals surface area contributed by atoms with Gasteiger partial charge in [0.25, 0.3) is 11.5 Å². The number of carbonyl (C=O) groups is 1. The average Bonchev–Trinajstić information content (AvgIpc) is 3.00. The number of carbonyl (C=O) groups excluding carboxylic acids is 1. The van der Waals surface area contributed by atoms with Gasteiger partial charge in [0.2, 0.25) is 0 Å². The number of aromatic nitrogens is 4. The maximum absolute atomic E-state index is 12.0. The van der Waals surface area contributed by atoms with Crippen molar-refractivity contribution >= 4 is 17.5 Å². The third kappa shape index (κ3) is 3.03. The molecule has 0 spiro atoms. The smallest absolute Gasteiger partial charge is 0.327 e. The van der Waals surface area contributed by atoms with E-state index in [1.807, 2.05) is 4.98 Å². The lowest BCUT2D eigenvalue weighted by atomic mass is 10.3. The number of hydrogen-bond acceptors (Lipinski definition) is 6. The van der Waals surface area contributed by atoms with E-state index in [4.69, 9.17) is 0 Å². The van der Waals surface area contributed by atoms with Crippen molar-refractivity contribution < 1.29 is 4.79 Å². The van der Waals surface area contributed by atoms with Crippen molar-refractivity contribution in [3.05, 3.63) is 44.7 Å². The second kappa shape index (κ2) is 5.80. The molecule has 0 aliphatic carbocycles. The van der Waals surface area contributed by atoms with Crippen LogP contribution in [0.5, 0.6) is 0 Å². The van der Waals surface area contributed by atoms with Crippen LogP contribution in [-0.4, -0.2) is 39.2 Å². The number of hydrogen-bond donors (Lipinski definition) is 3. The van der Waals surface area contributed by atoms with Gasteiger partial charge in [-0.05, 0) is 25.0 Å². The quantitative estimate of drug-likeness (QED) is 0.715. The van der Waals surface area contributed by atoms with E-state index in [1.165, 1.54) is 0 Å². The lowest BCUT2D eigenvalue weighted by Gasteiger charge is -2.15. The van der Waals surface area contributed by atoms with Crippen LogP contribution in [-0.2, 0) is 0 Å². The molecule has 0 radical (unpaired) electrons. The van der Waals surface area contributed by atoms with E-state index in [-0.39, 0.29) is 11.5 Å². The first-order chi connectivity index (χ1) is 10.6. The molecule has 0 bridgehead atoms. The number of aromatic amines is 2. The van der Waals surface area contributed by atoms with Gasteiger partial charge in [-0.1, -0.05) is 0 Å². The predicted octanol–water partition coefficient (Wildman–Crippen LogP) is -0.294. The van der Waals surface area contributed by atoms with Crippen molar-refractivity contribution in [3.63, 3.8) is 0 Å². The Balaban J connectivity index is 1.74. The first-order valence-corrected chi connectivity index (χ1v) is 6.85. The van der Waals surface area contributed by atoms with Crippen LogP contribution >= 0.6 is 0 Å². The van der Waals surface area contributed by atoms with Gasteiger partial charge in [0, 0.05) is 19.2 Å². The molecule has 2 aromatic rings. The Kier molecular flexibility index (Phi) is 3.69. The molecule has 2 aromatic heterocycles. The van der Waals surface area contributed by atoms with Crippen LogP contribution in [0.15, 0.2) is 27.8 Å². The Morgan fingerprint density at radius 2 is 1.91 bits per heavy atom. The first kappa shape index (κ1) is 14.0. The van der Waals surface area contributed by atoms with Crippen LogP contribution in [0.1, 0.15) is 23.3 Å². The van der Waals surface area contributed by atoms with Crippen molar-refractivity contribution in [2.45, 2.75) is 12.8 Å². The SMILES string of the molecule is O=C(Nc1cc(=O)[nH]c(=O)[nH]1)c1ccc(N2CCCC2)nn1. The molecule has 3 heterocycles. The number of H-pyrrole nitrogens is 2. The summed E-state index contributed by atoms with van der Waals surface area (Å²) < 4.78 is 0. The van der Waals surface area contributed by atoms with E-state index in [9.17, 15) is 14.4 Å². The molecule has 3 N–H and O–H groups in total. The topological polar surface area (TPSA) is 124 Å². The lowest BCUT2D eigenvalue weighted by molar-refractivity contribution is 0.102. The third-order valence-corrected chi connectivity index (χ3v) is 3.32. The number of nitrogens with zero attached hydrogens (tertiary/aromatic N) is 3. The Hall–Kier alpha value is -2.97. The molecule has 9 nitrogen and oxygen atoms in total. The fourth-order valence-electron chi connectivity index (χ4n) is 2.28. The molecule has 0 unspecified atom stereocenters. The van der Waals surface area contributed by atoms with Crippen LogP contribution < -0.4 is 21.5 Å². The zero-order valence-electron chi connectivity index (χ0n) is 11.6. The van der Waals surface area contributed by atoms with E-state index < -0.39 is 17.2 Å². The van der Waals surface area contributed by atoms with Crippen LogP contribution in [0, 0.1) is 0 Å². The molecule has 1 saturated heterocycles. The maximum Gasteiger partial charge on any atom is 0.327 e. The van der Waals surface area contributed by atoms with E-state index in [2.05, 4.69) is 25.4 Å². The molecule has 1 aliphatic heterocycles. The first-order valence-electron chi connectivity index (χ1n) is 6.85. The number of amides is 1. The Morgan fingerprint density at radius 3 is 2.55 bits per heavy atom. The minimum absolute atomic E-state index is 0.00386. The molecule has 0 aromatic carbocycles. The monoisotopic (exact) mass is 302 g/mol. The van der Waals surface area contributed by atoms with E-state index in [0.717, 1.165) is 37.8 Å². The predicted molar refractivity (Wildman–Crippen MR) is 79.1 cm³/mol. The van der Waals surface area contributed by atoms with Gasteiger partial charge in [-0.2, -0.15) is 0 Å². The number of anilines is 2. The molecule has 1 aliphatic rings. The van der Waals surface area contributed by atoms with Gasteiger partial charge in [-0.25, -0.2) is 4.79 Å². The summed E-state index contributed by atoms with van der Waals surface area (Å²) in [6.07, 6.45) is 2.25. The van der Waals surface area contributed by atoms with Gasteiger partial charge in [0.1, 0.15) is 5.82 Å². The highest BCUT2D eigenvalue weighted by Gasteiger charge is 2.15. The molecule has 22 heavy (non-hydrogen) atoms. The highest BCUT2D eigenvalue weighted by molar-refractivity contribution is 6.02. The van der Waals surface area contributed by atoms with E-state index >= 15 is 0 Å². The summed E-state index contributed by atoms with van der Waals surface area (Å²) in [5.41, 5.74) is -1.20. The van der Waals surface area contributed by atoms with Crippen molar-refractivity contribution in [2.24, 2.45) is 0 Å². The highest BCUT2D eigenvalue weighted by Crippen LogP contribution is 2.16. The molecule has 1 amide bonds. The van der Waals surface area contributed by atoms with Gasteiger partial charge in [0.05, 0.1) is 0 Å². The Morgan fingerprint density at radius 1 is 1.14 bits per heavy atom. The molecule has 0 atom stereocenters. The van der Waals surface area contributed by atoms with Crippen LogP contribution in [0.4, 0.5) is 11.6 Å². The second-order valence-electron chi connectivity index (χ2n) is 4.93. The molecular formula is C13H14N6O3. The van der Waals surface area contributed by atoms with Crippen molar-refractivity contribution in [3.8, 4) is 0 Å². The average molecular weight is 302 g/mol. The summed E-state index contributed by atoms with van der Waals surface area (Å²) in [5.74, 6) is 0.185. The maximum atomic E-state index is 12.0. The minimum atomic E-state index is -0.696. The largest absolute Gasteiger partial charge is 0.355 e. The fourth-order valence-corrected chi connectivity index (χ4v) is 2.28. The normalized spacial score (nSPS) is 14.1. The van der Waals surface area contributed by atoms with Crippen molar-refractivity contribution in [1.29, 1.82) is 0 Å². The van der Waals surface area contributed by atoms with Crippen LogP contribution in [0.25, 0.3) is 0 Å². The van der Waals surface area contributed by atoms with Gasteiger partial charge in [-0.15, -0.1) is 10.2 Å². The highest BCUT2D eigenvalue weighted by atomic mass is 16.2. The Bertz CT molecular complexity index is 760. The second-order valence-corrected chi connectivity index (χ2v) is 4.93.